The molecule has 7 heteroatoms. The molecule has 0 bridgehead atoms. The van der Waals surface area contributed by atoms with Gasteiger partial charge >= 0.3 is 0 Å². The monoisotopic (exact) mass is 308 g/mol. The molecular formula is C16H12N4O3. The SMILES string of the molecule is O=C(Nc1ccccc1-n1cncn1)c1ccc2c(c1)OCO2. The Morgan fingerprint density at radius 2 is 2.00 bits per heavy atom. The number of amides is 1. The summed E-state index contributed by atoms with van der Waals surface area (Å²) in [7, 11) is 0. The van der Waals surface area contributed by atoms with Crippen LogP contribution in [0, 0.1) is 0 Å². The highest BCUT2D eigenvalue weighted by atomic mass is 16.7. The quantitative estimate of drug-likeness (QED) is 0.803. The Morgan fingerprint density at radius 1 is 1.13 bits per heavy atom. The standard InChI is InChI=1S/C16H12N4O3/c21-16(11-5-6-14-15(7-11)23-10-22-14)19-12-3-1-2-4-13(12)20-9-17-8-18-20/h1-9H,10H2,(H,19,21). The molecule has 2 aromatic carbocycles. The summed E-state index contributed by atoms with van der Waals surface area (Å²) in [5.41, 5.74) is 1.86. The van der Waals surface area contributed by atoms with Crippen molar-refractivity contribution in [3.05, 3.63) is 60.7 Å². The summed E-state index contributed by atoms with van der Waals surface area (Å²) in [4.78, 5) is 16.4. The Balaban J connectivity index is 1.62. The number of nitrogens with one attached hydrogen (secondary N) is 1. The molecule has 1 N–H and O–H groups in total. The predicted octanol–water partition coefficient (Wildman–Crippen LogP) is 2.25. The van der Waals surface area contributed by atoms with Crippen molar-refractivity contribution in [3.8, 4) is 17.2 Å². The van der Waals surface area contributed by atoms with Gasteiger partial charge in [0, 0.05) is 5.56 Å². The smallest absolute Gasteiger partial charge is 0.255 e. The number of para-hydroxylation sites is 2. The summed E-state index contributed by atoms with van der Waals surface area (Å²) in [5, 5.41) is 6.97. The summed E-state index contributed by atoms with van der Waals surface area (Å²) < 4.78 is 12.1. The molecule has 7 nitrogen and oxygen atoms in total. The Kier molecular flexibility index (Phi) is 3.16. The molecule has 1 aliphatic heterocycles. The van der Waals surface area contributed by atoms with Crippen molar-refractivity contribution in [2.24, 2.45) is 0 Å². The highest BCUT2D eigenvalue weighted by Gasteiger charge is 2.17. The lowest BCUT2D eigenvalue weighted by Gasteiger charge is -2.10. The van der Waals surface area contributed by atoms with Crippen LogP contribution < -0.4 is 14.8 Å². The molecule has 0 saturated heterocycles. The van der Waals surface area contributed by atoms with Crippen LogP contribution in [0.4, 0.5) is 5.69 Å². The van der Waals surface area contributed by atoms with Crippen molar-refractivity contribution in [3.63, 3.8) is 0 Å². The zero-order chi connectivity index (χ0) is 15.6. The number of aromatic nitrogens is 3. The van der Waals surface area contributed by atoms with Crippen molar-refractivity contribution < 1.29 is 14.3 Å². The molecule has 1 amide bonds. The van der Waals surface area contributed by atoms with Gasteiger partial charge in [-0.25, -0.2) is 9.67 Å². The van der Waals surface area contributed by atoms with Crippen molar-refractivity contribution >= 4 is 11.6 Å². The Hall–Kier alpha value is -3.35. The van der Waals surface area contributed by atoms with E-state index < -0.39 is 0 Å². The molecule has 1 aliphatic rings. The second-order valence-corrected chi connectivity index (χ2v) is 4.88. The lowest BCUT2D eigenvalue weighted by molar-refractivity contribution is 0.102. The number of rotatable bonds is 3. The molecule has 0 unspecified atom stereocenters. The fourth-order valence-corrected chi connectivity index (χ4v) is 2.34. The van der Waals surface area contributed by atoms with Gasteiger partial charge in [0.05, 0.1) is 11.4 Å². The minimum Gasteiger partial charge on any atom is -0.454 e. The molecule has 1 aromatic heterocycles. The van der Waals surface area contributed by atoms with Crippen LogP contribution in [0.2, 0.25) is 0 Å². The topological polar surface area (TPSA) is 78.3 Å². The van der Waals surface area contributed by atoms with E-state index in [0.29, 0.717) is 22.7 Å². The molecule has 0 fully saturated rings. The fraction of sp³-hybridized carbons (Fsp3) is 0.0625. The van der Waals surface area contributed by atoms with Crippen LogP contribution in [0.5, 0.6) is 11.5 Å². The predicted molar refractivity (Wildman–Crippen MR) is 81.9 cm³/mol. The van der Waals surface area contributed by atoms with Crippen molar-refractivity contribution in [1.29, 1.82) is 0 Å². The number of ether oxygens (including phenoxy) is 2. The van der Waals surface area contributed by atoms with Gasteiger partial charge in [-0.1, -0.05) is 12.1 Å². The van der Waals surface area contributed by atoms with Crippen molar-refractivity contribution in [2.45, 2.75) is 0 Å². The minimum atomic E-state index is -0.240. The summed E-state index contributed by atoms with van der Waals surface area (Å²) in [6.07, 6.45) is 3.02. The van der Waals surface area contributed by atoms with Gasteiger partial charge in [-0.15, -0.1) is 0 Å². The van der Waals surface area contributed by atoms with E-state index in [-0.39, 0.29) is 12.7 Å². The highest BCUT2D eigenvalue weighted by Crippen LogP contribution is 2.32. The van der Waals surface area contributed by atoms with Gasteiger partial charge in [-0.05, 0) is 30.3 Å². The number of carbonyl (C=O) groups excluding carboxylic acids is 1. The second kappa shape index (κ2) is 5.45. The maximum atomic E-state index is 12.5. The first-order valence-corrected chi connectivity index (χ1v) is 6.96. The number of carbonyl (C=O) groups is 1. The molecule has 0 saturated carbocycles. The number of hydrogen-bond donors (Lipinski definition) is 1. The summed E-state index contributed by atoms with van der Waals surface area (Å²) in [6.45, 7) is 0.176. The summed E-state index contributed by atoms with van der Waals surface area (Å²) in [6, 6.07) is 12.5. The second-order valence-electron chi connectivity index (χ2n) is 4.88. The van der Waals surface area contributed by atoms with Crippen LogP contribution >= 0.6 is 0 Å². The molecule has 0 atom stereocenters. The largest absolute Gasteiger partial charge is 0.454 e. The molecule has 0 aliphatic carbocycles. The molecule has 0 spiro atoms. The van der Waals surface area contributed by atoms with Crippen molar-refractivity contribution in [1.82, 2.24) is 14.8 Å². The van der Waals surface area contributed by atoms with Crippen LogP contribution in [0.15, 0.2) is 55.1 Å². The van der Waals surface area contributed by atoms with E-state index in [9.17, 15) is 4.79 Å². The Morgan fingerprint density at radius 3 is 2.87 bits per heavy atom. The van der Waals surface area contributed by atoms with Gasteiger partial charge < -0.3 is 14.8 Å². The number of fused-ring (bicyclic) bond motifs is 1. The lowest BCUT2D eigenvalue weighted by Crippen LogP contribution is -2.14. The van der Waals surface area contributed by atoms with Crippen LogP contribution in [-0.2, 0) is 0 Å². The number of benzene rings is 2. The molecule has 4 rings (SSSR count). The average Bonchev–Trinajstić information content (AvgIpc) is 3.26. The van der Waals surface area contributed by atoms with Gasteiger partial charge in [0.15, 0.2) is 11.5 Å². The van der Waals surface area contributed by atoms with Crippen LogP contribution in [0.3, 0.4) is 0 Å². The first-order valence-electron chi connectivity index (χ1n) is 6.96. The maximum Gasteiger partial charge on any atom is 0.255 e. The van der Waals surface area contributed by atoms with E-state index in [1.165, 1.54) is 6.33 Å². The maximum absolute atomic E-state index is 12.5. The third-order valence-electron chi connectivity index (χ3n) is 3.45. The summed E-state index contributed by atoms with van der Waals surface area (Å²) >= 11 is 0. The van der Waals surface area contributed by atoms with Gasteiger partial charge in [0.2, 0.25) is 6.79 Å². The number of nitrogens with zero attached hydrogens (tertiary/aromatic N) is 3. The van der Waals surface area contributed by atoms with E-state index in [1.54, 1.807) is 29.2 Å². The first kappa shape index (κ1) is 13.3. The molecule has 23 heavy (non-hydrogen) atoms. The molecular weight excluding hydrogens is 296 g/mol. The highest BCUT2D eigenvalue weighted by molar-refractivity contribution is 6.05. The lowest BCUT2D eigenvalue weighted by atomic mass is 10.1. The number of hydrogen-bond acceptors (Lipinski definition) is 5. The van der Waals surface area contributed by atoms with E-state index in [0.717, 1.165) is 5.69 Å². The Labute approximate surface area is 131 Å². The average molecular weight is 308 g/mol. The molecule has 114 valence electrons. The van der Waals surface area contributed by atoms with Gasteiger partial charge in [0.25, 0.3) is 5.91 Å². The summed E-state index contributed by atoms with van der Waals surface area (Å²) in [5.74, 6) is 0.975. The van der Waals surface area contributed by atoms with E-state index in [1.807, 2.05) is 24.3 Å². The number of anilines is 1. The first-order chi connectivity index (χ1) is 11.3. The van der Waals surface area contributed by atoms with Crippen LogP contribution in [-0.4, -0.2) is 27.5 Å². The van der Waals surface area contributed by atoms with Gasteiger partial charge in [-0.3, -0.25) is 4.79 Å². The van der Waals surface area contributed by atoms with E-state index in [4.69, 9.17) is 9.47 Å². The third-order valence-corrected chi connectivity index (χ3v) is 3.45. The van der Waals surface area contributed by atoms with Crippen LogP contribution in [0.1, 0.15) is 10.4 Å². The molecule has 0 radical (unpaired) electrons. The van der Waals surface area contributed by atoms with Crippen LogP contribution in [0.25, 0.3) is 5.69 Å². The molecule has 3 aromatic rings. The van der Waals surface area contributed by atoms with E-state index in [2.05, 4.69) is 15.4 Å². The van der Waals surface area contributed by atoms with Gasteiger partial charge in [0.1, 0.15) is 12.7 Å². The van der Waals surface area contributed by atoms with Crippen molar-refractivity contribution in [2.75, 3.05) is 12.1 Å². The molecule has 2 heterocycles. The normalized spacial score (nSPS) is 12.2. The third kappa shape index (κ3) is 2.48. The van der Waals surface area contributed by atoms with Gasteiger partial charge in [-0.2, -0.15) is 5.10 Å². The Bertz CT molecular complexity index is 862. The minimum absolute atomic E-state index is 0.176. The zero-order valence-corrected chi connectivity index (χ0v) is 12.0. The zero-order valence-electron chi connectivity index (χ0n) is 12.0. The van der Waals surface area contributed by atoms with E-state index >= 15 is 0 Å². The fourth-order valence-electron chi connectivity index (χ4n) is 2.34.